The van der Waals surface area contributed by atoms with Crippen LogP contribution in [0.4, 0.5) is 5.69 Å². The standard InChI is InChI=1S/C12H14BrNO4/c1-3-6-18-12(16)8-5-4-7(11(15)17-2)9(13)10(8)14/h4-5H,3,6,14H2,1-2H3. The highest BCUT2D eigenvalue weighted by Crippen LogP contribution is 2.28. The largest absolute Gasteiger partial charge is 0.465 e. The molecule has 1 aromatic carbocycles. The molecule has 0 bridgehead atoms. The Morgan fingerprint density at radius 2 is 1.89 bits per heavy atom. The maximum absolute atomic E-state index is 11.7. The summed E-state index contributed by atoms with van der Waals surface area (Å²) in [5.41, 5.74) is 6.45. The minimum Gasteiger partial charge on any atom is -0.465 e. The van der Waals surface area contributed by atoms with Crippen LogP contribution in [-0.4, -0.2) is 25.7 Å². The van der Waals surface area contributed by atoms with Crippen molar-refractivity contribution < 1.29 is 19.1 Å². The van der Waals surface area contributed by atoms with Crippen LogP contribution in [0.3, 0.4) is 0 Å². The molecule has 1 rings (SSSR count). The number of benzene rings is 1. The fourth-order valence-corrected chi connectivity index (χ4v) is 1.82. The normalized spacial score (nSPS) is 9.94. The first-order valence-electron chi connectivity index (χ1n) is 5.36. The van der Waals surface area contributed by atoms with Crippen molar-refractivity contribution >= 4 is 33.6 Å². The topological polar surface area (TPSA) is 78.6 Å². The summed E-state index contributed by atoms with van der Waals surface area (Å²) >= 11 is 3.18. The molecular formula is C12H14BrNO4. The molecule has 0 unspecified atom stereocenters. The van der Waals surface area contributed by atoms with Gasteiger partial charge in [0.2, 0.25) is 0 Å². The van der Waals surface area contributed by atoms with Gasteiger partial charge in [-0.25, -0.2) is 9.59 Å². The third-order valence-corrected chi connectivity index (χ3v) is 3.10. The van der Waals surface area contributed by atoms with E-state index in [-0.39, 0.29) is 16.8 Å². The van der Waals surface area contributed by atoms with E-state index in [9.17, 15) is 9.59 Å². The van der Waals surface area contributed by atoms with Gasteiger partial charge >= 0.3 is 11.9 Å². The summed E-state index contributed by atoms with van der Waals surface area (Å²) in [7, 11) is 1.27. The number of rotatable bonds is 4. The summed E-state index contributed by atoms with van der Waals surface area (Å²) in [5.74, 6) is -1.03. The average Bonchev–Trinajstić information content (AvgIpc) is 2.38. The van der Waals surface area contributed by atoms with Crippen LogP contribution in [0, 0.1) is 0 Å². The van der Waals surface area contributed by atoms with Gasteiger partial charge in [-0.3, -0.25) is 0 Å². The first kappa shape index (κ1) is 14.5. The lowest BCUT2D eigenvalue weighted by molar-refractivity contribution is 0.0504. The van der Waals surface area contributed by atoms with Crippen molar-refractivity contribution in [3.63, 3.8) is 0 Å². The Balaban J connectivity index is 3.08. The molecule has 0 aliphatic heterocycles. The number of nitrogen functional groups attached to an aromatic ring is 1. The number of carbonyl (C=O) groups is 2. The van der Waals surface area contributed by atoms with Crippen LogP contribution in [0.25, 0.3) is 0 Å². The van der Waals surface area contributed by atoms with Crippen LogP contribution in [-0.2, 0) is 9.47 Å². The number of halogens is 1. The fourth-order valence-electron chi connectivity index (χ4n) is 1.31. The Hall–Kier alpha value is -1.56. The molecule has 0 aliphatic rings. The molecule has 98 valence electrons. The minimum absolute atomic E-state index is 0.166. The fraction of sp³-hybridized carbons (Fsp3) is 0.333. The predicted molar refractivity (Wildman–Crippen MR) is 70.5 cm³/mol. The van der Waals surface area contributed by atoms with Crippen molar-refractivity contribution in [1.82, 2.24) is 0 Å². The highest BCUT2D eigenvalue weighted by atomic mass is 79.9. The average molecular weight is 316 g/mol. The van der Waals surface area contributed by atoms with Gasteiger partial charge in [0.15, 0.2) is 0 Å². The predicted octanol–water partition coefficient (Wildman–Crippen LogP) is 2.38. The molecule has 0 heterocycles. The van der Waals surface area contributed by atoms with E-state index in [1.807, 2.05) is 6.92 Å². The number of carbonyl (C=O) groups excluding carboxylic acids is 2. The number of nitrogens with two attached hydrogens (primary N) is 1. The smallest absolute Gasteiger partial charge is 0.340 e. The molecule has 2 N–H and O–H groups in total. The Bertz CT molecular complexity index is 473. The van der Waals surface area contributed by atoms with Crippen LogP contribution in [0.15, 0.2) is 16.6 Å². The van der Waals surface area contributed by atoms with Crippen molar-refractivity contribution in [2.24, 2.45) is 0 Å². The first-order chi connectivity index (χ1) is 8.52. The van der Waals surface area contributed by atoms with Crippen molar-refractivity contribution in [2.45, 2.75) is 13.3 Å². The molecular weight excluding hydrogens is 302 g/mol. The lowest BCUT2D eigenvalue weighted by Crippen LogP contribution is -2.12. The summed E-state index contributed by atoms with van der Waals surface area (Å²) < 4.78 is 9.91. The number of ether oxygens (including phenoxy) is 2. The van der Waals surface area contributed by atoms with E-state index in [2.05, 4.69) is 20.7 Å². The number of methoxy groups -OCH3 is 1. The van der Waals surface area contributed by atoms with Gasteiger partial charge in [-0.05, 0) is 34.5 Å². The van der Waals surface area contributed by atoms with Crippen molar-refractivity contribution in [2.75, 3.05) is 19.5 Å². The summed E-state index contributed by atoms with van der Waals surface area (Å²) in [6, 6.07) is 2.92. The third-order valence-electron chi connectivity index (χ3n) is 2.24. The van der Waals surface area contributed by atoms with E-state index < -0.39 is 11.9 Å². The Morgan fingerprint density at radius 1 is 1.28 bits per heavy atom. The quantitative estimate of drug-likeness (QED) is 0.681. The molecule has 0 aromatic heterocycles. The second-order valence-electron chi connectivity index (χ2n) is 3.52. The van der Waals surface area contributed by atoms with E-state index in [0.717, 1.165) is 6.42 Å². The Labute approximate surface area is 113 Å². The maximum atomic E-state index is 11.7. The molecule has 0 saturated carbocycles. The van der Waals surface area contributed by atoms with E-state index in [1.165, 1.54) is 19.2 Å². The molecule has 5 nitrogen and oxygen atoms in total. The molecule has 0 spiro atoms. The van der Waals surface area contributed by atoms with Crippen molar-refractivity contribution in [1.29, 1.82) is 0 Å². The van der Waals surface area contributed by atoms with Gasteiger partial charge in [0.1, 0.15) is 0 Å². The monoisotopic (exact) mass is 315 g/mol. The number of anilines is 1. The highest BCUT2D eigenvalue weighted by Gasteiger charge is 2.19. The van der Waals surface area contributed by atoms with Crippen LogP contribution in [0.5, 0.6) is 0 Å². The second kappa shape index (κ2) is 6.39. The highest BCUT2D eigenvalue weighted by molar-refractivity contribution is 9.10. The third kappa shape index (κ3) is 3.01. The molecule has 0 amide bonds. The summed E-state index contributed by atoms with van der Waals surface area (Å²) in [5, 5.41) is 0. The number of hydrogen-bond donors (Lipinski definition) is 1. The Morgan fingerprint density at radius 3 is 2.44 bits per heavy atom. The molecule has 0 fully saturated rings. The minimum atomic E-state index is -0.526. The SMILES string of the molecule is CCCOC(=O)c1ccc(C(=O)OC)c(Br)c1N. The van der Waals surface area contributed by atoms with Gasteiger partial charge in [0, 0.05) is 0 Å². The van der Waals surface area contributed by atoms with Crippen molar-refractivity contribution in [3.05, 3.63) is 27.7 Å². The van der Waals surface area contributed by atoms with Crippen LogP contribution >= 0.6 is 15.9 Å². The molecule has 0 atom stereocenters. The number of esters is 2. The van der Waals surface area contributed by atoms with Crippen LogP contribution in [0.2, 0.25) is 0 Å². The van der Waals surface area contributed by atoms with Gasteiger partial charge in [0.25, 0.3) is 0 Å². The van der Waals surface area contributed by atoms with Gasteiger partial charge in [-0.2, -0.15) is 0 Å². The maximum Gasteiger partial charge on any atom is 0.340 e. The van der Waals surface area contributed by atoms with Gasteiger partial charge in [-0.1, -0.05) is 6.92 Å². The lowest BCUT2D eigenvalue weighted by Gasteiger charge is -2.10. The van der Waals surface area contributed by atoms with Crippen LogP contribution < -0.4 is 5.73 Å². The molecule has 1 aromatic rings. The van der Waals surface area contributed by atoms with E-state index in [1.54, 1.807) is 0 Å². The van der Waals surface area contributed by atoms with E-state index in [0.29, 0.717) is 11.1 Å². The molecule has 6 heteroatoms. The molecule has 0 aliphatic carbocycles. The summed E-state index contributed by atoms with van der Waals surface area (Å²) in [6.07, 6.45) is 0.729. The van der Waals surface area contributed by atoms with E-state index >= 15 is 0 Å². The first-order valence-corrected chi connectivity index (χ1v) is 6.15. The van der Waals surface area contributed by atoms with E-state index in [4.69, 9.17) is 10.5 Å². The summed E-state index contributed by atoms with van der Waals surface area (Å²) in [6.45, 7) is 2.22. The van der Waals surface area contributed by atoms with Gasteiger partial charge in [-0.15, -0.1) is 0 Å². The van der Waals surface area contributed by atoms with Gasteiger partial charge < -0.3 is 15.2 Å². The van der Waals surface area contributed by atoms with Crippen LogP contribution in [0.1, 0.15) is 34.1 Å². The van der Waals surface area contributed by atoms with Gasteiger partial charge in [0.05, 0.1) is 35.0 Å². The summed E-state index contributed by atoms with van der Waals surface area (Å²) in [4.78, 5) is 23.1. The number of hydrogen-bond acceptors (Lipinski definition) is 5. The zero-order valence-electron chi connectivity index (χ0n) is 10.2. The lowest BCUT2D eigenvalue weighted by atomic mass is 10.1. The zero-order chi connectivity index (χ0) is 13.7. The van der Waals surface area contributed by atoms with Crippen molar-refractivity contribution in [3.8, 4) is 0 Å². The second-order valence-corrected chi connectivity index (χ2v) is 4.31. The molecule has 18 heavy (non-hydrogen) atoms. The zero-order valence-corrected chi connectivity index (χ0v) is 11.7. The molecule has 0 saturated heterocycles. The Kier molecular flexibility index (Phi) is 5.15. The molecule has 0 radical (unpaired) electrons.